The van der Waals surface area contributed by atoms with E-state index in [1.807, 2.05) is 24.3 Å². The van der Waals surface area contributed by atoms with Crippen LogP contribution in [0, 0.1) is 46.3 Å². The molecule has 0 radical (unpaired) electrons. The lowest BCUT2D eigenvalue weighted by atomic mass is 9.48. The Kier molecular flexibility index (Phi) is 5.39. The molecule has 0 spiro atoms. The number of nitrogens with one attached hydrogen (secondary N) is 2. The molecule has 0 aliphatic heterocycles. The van der Waals surface area contributed by atoms with Crippen LogP contribution >= 0.6 is 0 Å². The molecule has 194 valence electrons. The molecule has 2 unspecified atom stereocenters. The maximum atomic E-state index is 13.6. The SMILES string of the molecule is CC(NC(=O)c1ccccc1C(=O)NC(C)C12CC3CC(CC(C3)C1)C2)C12CC3CC(CC(C3)C1)C2. The maximum Gasteiger partial charge on any atom is 0.252 e. The van der Waals surface area contributed by atoms with Crippen molar-refractivity contribution in [2.24, 2.45) is 46.3 Å². The quantitative estimate of drug-likeness (QED) is 0.490. The summed E-state index contributed by atoms with van der Waals surface area (Å²) < 4.78 is 0. The normalized spacial score (nSPS) is 43.3. The molecule has 1 aromatic carbocycles. The van der Waals surface area contributed by atoms with Crippen molar-refractivity contribution in [1.29, 1.82) is 0 Å². The molecule has 4 heteroatoms. The zero-order valence-electron chi connectivity index (χ0n) is 22.2. The summed E-state index contributed by atoms with van der Waals surface area (Å²) in [7, 11) is 0. The van der Waals surface area contributed by atoms with Gasteiger partial charge in [0.05, 0.1) is 11.1 Å². The van der Waals surface area contributed by atoms with Crippen LogP contribution in [0.4, 0.5) is 0 Å². The fraction of sp³-hybridized carbons (Fsp3) is 0.750. The summed E-state index contributed by atoms with van der Waals surface area (Å²) in [6, 6.07) is 7.77. The summed E-state index contributed by atoms with van der Waals surface area (Å²) in [6.07, 6.45) is 16.1. The van der Waals surface area contributed by atoms with Crippen molar-refractivity contribution in [2.75, 3.05) is 0 Å². The topological polar surface area (TPSA) is 58.2 Å². The second-order valence-corrected chi connectivity index (χ2v) is 14.5. The summed E-state index contributed by atoms with van der Waals surface area (Å²) in [5.74, 6) is 5.01. The lowest BCUT2D eigenvalue weighted by Crippen LogP contribution is -2.56. The molecule has 0 heterocycles. The van der Waals surface area contributed by atoms with Crippen molar-refractivity contribution in [3.63, 3.8) is 0 Å². The Bertz CT molecular complexity index is 906. The molecular formula is C32H44N2O2. The lowest BCUT2D eigenvalue weighted by molar-refractivity contribution is -0.0689. The Hall–Kier alpha value is -1.84. The number of carbonyl (C=O) groups excluding carboxylic acids is 2. The first kappa shape index (κ1) is 23.3. The highest BCUT2D eigenvalue weighted by atomic mass is 16.2. The van der Waals surface area contributed by atoms with Gasteiger partial charge in [0, 0.05) is 12.1 Å². The van der Waals surface area contributed by atoms with Crippen molar-refractivity contribution in [3.8, 4) is 0 Å². The molecular weight excluding hydrogens is 444 g/mol. The van der Waals surface area contributed by atoms with Crippen LogP contribution < -0.4 is 10.6 Å². The standard InChI is InChI=1S/C32H44N2O2/c1-19(31-13-21-7-22(14-31)9-23(8-21)15-31)33-29(35)27-5-3-4-6-28(27)30(36)34-20(2)32-16-24-10-25(17-32)12-26(11-24)18-32/h3-6,19-26H,7-18H2,1-2H3,(H,33,35)(H,34,36). The van der Waals surface area contributed by atoms with E-state index in [0.29, 0.717) is 11.1 Å². The zero-order valence-corrected chi connectivity index (χ0v) is 22.2. The first-order valence-electron chi connectivity index (χ1n) is 15.0. The van der Waals surface area contributed by atoms with Crippen LogP contribution in [0.15, 0.2) is 24.3 Å². The van der Waals surface area contributed by atoms with Crippen LogP contribution in [0.3, 0.4) is 0 Å². The Morgan fingerprint density at radius 1 is 0.611 bits per heavy atom. The van der Waals surface area contributed by atoms with E-state index in [-0.39, 0.29) is 34.7 Å². The minimum atomic E-state index is -0.0774. The fourth-order valence-corrected chi connectivity index (χ4v) is 11.2. The summed E-state index contributed by atoms with van der Waals surface area (Å²) >= 11 is 0. The van der Waals surface area contributed by atoms with E-state index in [0.717, 1.165) is 35.5 Å². The van der Waals surface area contributed by atoms with E-state index in [9.17, 15) is 9.59 Å². The predicted octanol–water partition coefficient (Wildman–Crippen LogP) is 6.36. The Balaban J connectivity index is 1.06. The van der Waals surface area contributed by atoms with Gasteiger partial charge in [-0.25, -0.2) is 0 Å². The van der Waals surface area contributed by atoms with Gasteiger partial charge in [0.15, 0.2) is 0 Å². The van der Waals surface area contributed by atoms with Gasteiger partial charge in [-0.05, 0) is 149 Å². The van der Waals surface area contributed by atoms with E-state index < -0.39 is 0 Å². The molecule has 0 saturated heterocycles. The van der Waals surface area contributed by atoms with Gasteiger partial charge in [-0.3, -0.25) is 9.59 Å². The first-order chi connectivity index (χ1) is 17.3. The molecule has 8 saturated carbocycles. The van der Waals surface area contributed by atoms with Crippen molar-refractivity contribution < 1.29 is 9.59 Å². The largest absolute Gasteiger partial charge is 0.349 e. The lowest BCUT2D eigenvalue weighted by Gasteiger charge is -2.59. The molecule has 0 aromatic heterocycles. The third-order valence-electron chi connectivity index (χ3n) is 12.1. The van der Waals surface area contributed by atoms with E-state index >= 15 is 0 Å². The average Bonchev–Trinajstić information content (AvgIpc) is 2.82. The molecule has 2 amide bonds. The second-order valence-electron chi connectivity index (χ2n) is 14.5. The van der Waals surface area contributed by atoms with Gasteiger partial charge < -0.3 is 10.6 Å². The predicted molar refractivity (Wildman–Crippen MR) is 142 cm³/mol. The Morgan fingerprint density at radius 3 is 1.17 bits per heavy atom. The molecule has 36 heavy (non-hydrogen) atoms. The van der Waals surface area contributed by atoms with Gasteiger partial charge >= 0.3 is 0 Å². The van der Waals surface area contributed by atoms with Crippen molar-refractivity contribution in [2.45, 2.75) is 103 Å². The van der Waals surface area contributed by atoms with Crippen LogP contribution in [0.2, 0.25) is 0 Å². The van der Waals surface area contributed by atoms with Gasteiger partial charge in [0.1, 0.15) is 0 Å². The third-order valence-corrected chi connectivity index (χ3v) is 12.1. The summed E-state index contributed by atoms with van der Waals surface area (Å²) in [5.41, 5.74) is 1.58. The van der Waals surface area contributed by atoms with Crippen molar-refractivity contribution in [3.05, 3.63) is 35.4 Å². The summed E-state index contributed by atoms with van der Waals surface area (Å²) in [4.78, 5) is 27.2. The van der Waals surface area contributed by atoms with E-state index in [1.54, 1.807) is 0 Å². The van der Waals surface area contributed by atoms with Gasteiger partial charge in [0.2, 0.25) is 0 Å². The van der Waals surface area contributed by atoms with Gasteiger partial charge in [0.25, 0.3) is 11.8 Å². The molecule has 8 aliphatic rings. The smallest absolute Gasteiger partial charge is 0.252 e. The van der Waals surface area contributed by atoms with Crippen molar-refractivity contribution in [1.82, 2.24) is 10.6 Å². The van der Waals surface area contributed by atoms with Gasteiger partial charge in [-0.2, -0.15) is 0 Å². The molecule has 9 rings (SSSR count). The number of hydrogen-bond acceptors (Lipinski definition) is 2. The van der Waals surface area contributed by atoms with Crippen LogP contribution in [0.5, 0.6) is 0 Å². The highest BCUT2D eigenvalue weighted by Crippen LogP contribution is 2.62. The molecule has 1 aromatic rings. The van der Waals surface area contributed by atoms with Gasteiger partial charge in [-0.15, -0.1) is 0 Å². The van der Waals surface area contributed by atoms with E-state index in [1.165, 1.54) is 77.0 Å². The van der Waals surface area contributed by atoms with Crippen LogP contribution in [0.1, 0.15) is 112 Å². The average molecular weight is 489 g/mol. The molecule has 2 atom stereocenters. The van der Waals surface area contributed by atoms with Crippen LogP contribution in [-0.4, -0.2) is 23.9 Å². The fourth-order valence-electron chi connectivity index (χ4n) is 11.2. The number of rotatable bonds is 6. The Labute approximate surface area is 216 Å². The number of amides is 2. The Morgan fingerprint density at radius 2 is 0.889 bits per heavy atom. The van der Waals surface area contributed by atoms with E-state index in [4.69, 9.17) is 0 Å². The van der Waals surface area contributed by atoms with Crippen LogP contribution in [0.25, 0.3) is 0 Å². The minimum Gasteiger partial charge on any atom is -0.349 e. The third kappa shape index (κ3) is 3.76. The second kappa shape index (κ2) is 8.33. The molecule has 8 fully saturated rings. The van der Waals surface area contributed by atoms with Crippen molar-refractivity contribution >= 4 is 11.8 Å². The number of carbonyl (C=O) groups is 2. The van der Waals surface area contributed by atoms with Crippen LogP contribution in [-0.2, 0) is 0 Å². The molecule has 2 N–H and O–H groups in total. The minimum absolute atomic E-state index is 0.0774. The summed E-state index contributed by atoms with van der Waals surface area (Å²) in [6.45, 7) is 4.45. The molecule has 8 bridgehead atoms. The molecule has 4 nitrogen and oxygen atoms in total. The highest BCUT2D eigenvalue weighted by molar-refractivity contribution is 6.07. The molecule has 8 aliphatic carbocycles. The highest BCUT2D eigenvalue weighted by Gasteiger charge is 2.54. The number of hydrogen-bond donors (Lipinski definition) is 2. The monoisotopic (exact) mass is 488 g/mol. The van der Waals surface area contributed by atoms with E-state index in [2.05, 4.69) is 24.5 Å². The zero-order chi connectivity index (χ0) is 24.7. The summed E-state index contributed by atoms with van der Waals surface area (Å²) in [5, 5.41) is 6.78. The first-order valence-corrected chi connectivity index (χ1v) is 15.0. The maximum absolute atomic E-state index is 13.6. The van der Waals surface area contributed by atoms with Gasteiger partial charge in [-0.1, -0.05) is 12.1 Å². The number of benzene rings is 1.